The van der Waals surface area contributed by atoms with Gasteiger partial charge < -0.3 is 10.8 Å². The zero-order chi connectivity index (χ0) is 12.0. The van der Waals surface area contributed by atoms with Gasteiger partial charge >= 0.3 is 0 Å². The molecule has 3 aliphatic rings. The summed E-state index contributed by atoms with van der Waals surface area (Å²) in [6.45, 7) is 0. The van der Waals surface area contributed by atoms with Crippen LogP contribution in [0.3, 0.4) is 0 Å². The van der Waals surface area contributed by atoms with E-state index >= 15 is 0 Å². The van der Waals surface area contributed by atoms with E-state index in [0.717, 1.165) is 0 Å². The number of rotatable bonds is 1. The molecule has 0 saturated carbocycles. The number of fused-ring (bicyclic) bond motifs is 1. The Labute approximate surface area is 110 Å². The topological polar surface area (TPSA) is 122 Å². The predicted molar refractivity (Wildman–Crippen MR) is 72.4 cm³/mol. The first-order valence-electron chi connectivity index (χ1n) is 5.30. The highest BCUT2D eigenvalue weighted by Crippen LogP contribution is 2.31. The van der Waals surface area contributed by atoms with E-state index in [1.54, 1.807) is 6.08 Å². The summed E-state index contributed by atoms with van der Waals surface area (Å²) in [6.07, 6.45) is 4.86. The molecule has 5 N–H and O–H groups in total. The lowest BCUT2D eigenvalue weighted by Crippen LogP contribution is -2.50. The molecule has 3 rings (SSSR count). The molecular formula is C10H13ClN6O. The van der Waals surface area contributed by atoms with E-state index in [4.69, 9.17) is 11.5 Å². The highest BCUT2D eigenvalue weighted by Gasteiger charge is 2.41. The van der Waals surface area contributed by atoms with Gasteiger partial charge in [0.15, 0.2) is 17.4 Å². The number of aliphatic hydroxyl groups is 1. The van der Waals surface area contributed by atoms with Crippen LogP contribution in [0.25, 0.3) is 0 Å². The summed E-state index contributed by atoms with van der Waals surface area (Å²) in [7, 11) is 0. The molecule has 3 atom stereocenters. The number of nitrogens with zero attached hydrogens (tertiary/aromatic N) is 4. The van der Waals surface area contributed by atoms with Gasteiger partial charge in [-0.3, -0.25) is 5.73 Å². The van der Waals surface area contributed by atoms with Crippen LogP contribution in [0.2, 0.25) is 0 Å². The van der Waals surface area contributed by atoms with Crippen molar-refractivity contribution in [1.29, 1.82) is 0 Å². The Bertz CT molecular complexity index is 522. The molecule has 0 bridgehead atoms. The minimum absolute atomic E-state index is 0. The van der Waals surface area contributed by atoms with Crippen LogP contribution in [0, 0.1) is 5.92 Å². The maximum atomic E-state index is 9.47. The fourth-order valence-electron chi connectivity index (χ4n) is 2.12. The first-order valence-corrected chi connectivity index (χ1v) is 5.30. The summed E-state index contributed by atoms with van der Waals surface area (Å²) < 4.78 is 0. The molecule has 0 aromatic rings. The maximum absolute atomic E-state index is 9.47. The van der Waals surface area contributed by atoms with Crippen molar-refractivity contribution >= 4 is 36.1 Å². The molecule has 1 aliphatic carbocycles. The van der Waals surface area contributed by atoms with Gasteiger partial charge in [-0.1, -0.05) is 12.2 Å². The number of amidine groups is 2. The van der Waals surface area contributed by atoms with Crippen molar-refractivity contribution in [3.05, 3.63) is 12.2 Å². The highest BCUT2D eigenvalue weighted by atomic mass is 35.5. The monoisotopic (exact) mass is 268 g/mol. The fourth-order valence-corrected chi connectivity index (χ4v) is 2.12. The van der Waals surface area contributed by atoms with Crippen molar-refractivity contribution in [3.8, 4) is 0 Å². The molecule has 2 heterocycles. The zero-order valence-corrected chi connectivity index (χ0v) is 10.2. The number of halogens is 1. The van der Waals surface area contributed by atoms with Crippen molar-refractivity contribution in [3.63, 3.8) is 0 Å². The van der Waals surface area contributed by atoms with Crippen molar-refractivity contribution in [2.24, 2.45) is 37.4 Å². The minimum atomic E-state index is -1.19. The molecule has 1 unspecified atom stereocenters. The Morgan fingerprint density at radius 1 is 1.33 bits per heavy atom. The van der Waals surface area contributed by atoms with E-state index in [-0.39, 0.29) is 24.2 Å². The van der Waals surface area contributed by atoms with E-state index in [1.807, 2.05) is 6.08 Å². The molecule has 18 heavy (non-hydrogen) atoms. The van der Waals surface area contributed by atoms with Gasteiger partial charge in [0.05, 0.1) is 6.10 Å². The second kappa shape index (κ2) is 4.27. The molecule has 96 valence electrons. The average Bonchev–Trinajstić information content (AvgIpc) is 2.86. The highest BCUT2D eigenvalue weighted by molar-refractivity contribution is 6.70. The van der Waals surface area contributed by atoms with Gasteiger partial charge in [0.2, 0.25) is 5.79 Å². The van der Waals surface area contributed by atoms with E-state index < -0.39 is 11.9 Å². The number of aliphatic hydroxyl groups excluding tert-OH is 1. The molecule has 0 amide bonds. The molecule has 0 radical (unpaired) electrons. The van der Waals surface area contributed by atoms with Gasteiger partial charge in [-0.05, 0) is 6.42 Å². The van der Waals surface area contributed by atoms with Crippen LogP contribution in [-0.4, -0.2) is 40.7 Å². The van der Waals surface area contributed by atoms with Crippen LogP contribution in [-0.2, 0) is 0 Å². The van der Waals surface area contributed by atoms with Crippen LogP contribution >= 0.6 is 12.4 Å². The number of nitrogens with two attached hydrogens (primary N) is 2. The van der Waals surface area contributed by atoms with Crippen molar-refractivity contribution in [1.82, 2.24) is 0 Å². The standard InChI is InChI=1S/C10H12N6O.ClH/c11-8-7-9(14-4-13-7)16-10(12,15-8)5-1-2-6(17)3-5;/h1-2,4-6,17H,3,12H2,(H2,11,15);1H/t5-,6+,10?;/m0./s1. The van der Waals surface area contributed by atoms with Crippen molar-refractivity contribution < 1.29 is 5.11 Å². The van der Waals surface area contributed by atoms with E-state index in [2.05, 4.69) is 20.0 Å². The van der Waals surface area contributed by atoms with Gasteiger partial charge in [0.25, 0.3) is 0 Å². The molecule has 0 aromatic carbocycles. The Morgan fingerprint density at radius 2 is 2.11 bits per heavy atom. The first kappa shape index (κ1) is 12.9. The van der Waals surface area contributed by atoms with Crippen molar-refractivity contribution in [2.75, 3.05) is 0 Å². The van der Waals surface area contributed by atoms with Gasteiger partial charge in [-0.2, -0.15) is 0 Å². The van der Waals surface area contributed by atoms with Crippen LogP contribution in [0.4, 0.5) is 0 Å². The molecule has 8 heteroatoms. The van der Waals surface area contributed by atoms with Gasteiger partial charge in [-0.25, -0.2) is 20.0 Å². The molecule has 0 fully saturated rings. The van der Waals surface area contributed by atoms with E-state index in [0.29, 0.717) is 18.0 Å². The average molecular weight is 269 g/mol. The smallest absolute Gasteiger partial charge is 0.213 e. The summed E-state index contributed by atoms with van der Waals surface area (Å²) in [6, 6.07) is 0. The molecule has 0 spiro atoms. The lowest BCUT2D eigenvalue weighted by molar-refractivity contribution is 0.189. The lowest BCUT2D eigenvalue weighted by atomic mass is 9.99. The van der Waals surface area contributed by atoms with Crippen LogP contribution in [0.1, 0.15) is 6.42 Å². The van der Waals surface area contributed by atoms with Crippen molar-refractivity contribution in [2.45, 2.75) is 18.3 Å². The summed E-state index contributed by atoms with van der Waals surface area (Å²) in [4.78, 5) is 16.4. The predicted octanol–water partition coefficient (Wildman–Crippen LogP) is -0.790. The summed E-state index contributed by atoms with van der Waals surface area (Å²) in [5, 5.41) is 9.47. The van der Waals surface area contributed by atoms with E-state index in [1.165, 1.54) is 6.34 Å². The Balaban J connectivity index is 0.00000120. The van der Waals surface area contributed by atoms with Crippen LogP contribution in [0.15, 0.2) is 32.1 Å². The van der Waals surface area contributed by atoms with Crippen LogP contribution in [0.5, 0.6) is 0 Å². The maximum Gasteiger partial charge on any atom is 0.213 e. The number of hydrogen-bond donors (Lipinski definition) is 3. The number of hydrogen-bond acceptors (Lipinski definition) is 7. The molecule has 7 nitrogen and oxygen atoms in total. The fraction of sp³-hybridized carbons (Fsp3) is 0.400. The first-order chi connectivity index (χ1) is 8.08. The molecule has 0 aromatic heterocycles. The third kappa shape index (κ3) is 1.86. The Hall–Kier alpha value is -1.57. The SMILES string of the molecule is Cl.NC1=NC(N)([C@H]2C=C[C@@H](O)C2)N=C2N=CN=C12. The molecule has 2 aliphatic heterocycles. The molecular weight excluding hydrogens is 256 g/mol. The lowest BCUT2D eigenvalue weighted by Gasteiger charge is -2.29. The third-order valence-electron chi connectivity index (χ3n) is 3.01. The summed E-state index contributed by atoms with van der Waals surface area (Å²) >= 11 is 0. The summed E-state index contributed by atoms with van der Waals surface area (Å²) in [5.41, 5.74) is 12.4. The minimum Gasteiger partial charge on any atom is -0.389 e. The van der Waals surface area contributed by atoms with Crippen LogP contribution < -0.4 is 11.5 Å². The Kier molecular flexibility index (Phi) is 3.05. The number of aliphatic imine (C=N–C) groups is 4. The second-order valence-corrected chi connectivity index (χ2v) is 4.23. The van der Waals surface area contributed by atoms with E-state index in [9.17, 15) is 5.11 Å². The molecule has 0 saturated heterocycles. The van der Waals surface area contributed by atoms with Gasteiger partial charge in [-0.15, -0.1) is 12.4 Å². The van der Waals surface area contributed by atoms with Gasteiger partial charge in [0, 0.05) is 5.92 Å². The zero-order valence-electron chi connectivity index (χ0n) is 9.39. The Morgan fingerprint density at radius 3 is 2.78 bits per heavy atom. The third-order valence-corrected chi connectivity index (χ3v) is 3.01. The second-order valence-electron chi connectivity index (χ2n) is 4.23. The summed E-state index contributed by atoms with van der Waals surface area (Å²) in [5.74, 6) is -0.714. The quantitative estimate of drug-likeness (QED) is 0.540. The normalized spacial score (nSPS) is 36.7. The largest absolute Gasteiger partial charge is 0.389 e. The van der Waals surface area contributed by atoms with Gasteiger partial charge in [0.1, 0.15) is 6.34 Å².